The largest absolute Gasteiger partial charge is 0.481 e. The summed E-state index contributed by atoms with van der Waals surface area (Å²) in [6.45, 7) is 0. The monoisotopic (exact) mass is 352 g/mol. The topological polar surface area (TPSA) is 96.4 Å². The van der Waals surface area contributed by atoms with Crippen molar-refractivity contribution in [1.82, 2.24) is 9.71 Å². The first-order valence-corrected chi connectivity index (χ1v) is 8.36. The number of sulfonamides is 1. The van der Waals surface area contributed by atoms with Crippen LogP contribution < -0.4 is 4.72 Å². The third kappa shape index (κ3) is 4.41. The van der Waals surface area contributed by atoms with E-state index in [1.54, 1.807) is 0 Å². The fraction of sp³-hybridized carbons (Fsp3) is 0.538. The van der Waals surface area contributed by atoms with Crippen LogP contribution in [0.15, 0.2) is 23.2 Å². The summed E-state index contributed by atoms with van der Waals surface area (Å²) < 4.78 is 63.9. The van der Waals surface area contributed by atoms with Crippen molar-refractivity contribution < 1.29 is 31.5 Å². The van der Waals surface area contributed by atoms with E-state index >= 15 is 0 Å². The van der Waals surface area contributed by atoms with Crippen molar-refractivity contribution in [1.29, 1.82) is 0 Å². The zero-order valence-electron chi connectivity index (χ0n) is 11.9. The fourth-order valence-electron chi connectivity index (χ4n) is 2.45. The van der Waals surface area contributed by atoms with Crippen molar-refractivity contribution >= 4 is 16.0 Å². The Labute approximate surface area is 130 Å². The molecule has 0 bridgehead atoms. The maximum atomic E-state index is 12.4. The molecule has 2 N–H and O–H groups in total. The standard InChI is InChI=1S/C13H15F3N2O4S/c14-13(15,16)11-6-5-10(7-17-11)23(21,22)18-9-3-1-8(2-4-9)12(19)20/h5-9,18H,1-4H2,(H,19,20). The predicted octanol–water partition coefficient (Wildman–Crippen LogP) is 2.02. The van der Waals surface area contributed by atoms with Crippen LogP contribution in [0.3, 0.4) is 0 Å². The minimum atomic E-state index is -4.63. The van der Waals surface area contributed by atoms with Gasteiger partial charge in [-0.1, -0.05) is 0 Å². The fourth-order valence-corrected chi connectivity index (χ4v) is 3.70. The van der Waals surface area contributed by atoms with Gasteiger partial charge in [-0.05, 0) is 37.8 Å². The van der Waals surface area contributed by atoms with Crippen LogP contribution in [0.5, 0.6) is 0 Å². The van der Waals surface area contributed by atoms with Crippen molar-refractivity contribution in [2.75, 3.05) is 0 Å². The number of hydrogen-bond acceptors (Lipinski definition) is 4. The average molecular weight is 352 g/mol. The van der Waals surface area contributed by atoms with Crippen LogP contribution in [-0.2, 0) is 21.0 Å². The van der Waals surface area contributed by atoms with E-state index in [0.717, 1.165) is 6.07 Å². The van der Waals surface area contributed by atoms with Crippen molar-refractivity contribution in [3.63, 3.8) is 0 Å². The molecule has 6 nitrogen and oxygen atoms in total. The van der Waals surface area contributed by atoms with Gasteiger partial charge in [-0.15, -0.1) is 0 Å². The molecule has 1 aliphatic carbocycles. The molecule has 0 radical (unpaired) electrons. The number of carboxylic acids is 1. The number of aromatic nitrogens is 1. The lowest BCUT2D eigenvalue weighted by atomic mass is 9.87. The van der Waals surface area contributed by atoms with E-state index in [1.165, 1.54) is 0 Å². The normalized spacial score (nSPS) is 22.7. The summed E-state index contributed by atoms with van der Waals surface area (Å²) in [5, 5.41) is 8.89. The van der Waals surface area contributed by atoms with Crippen LogP contribution in [0.4, 0.5) is 13.2 Å². The highest BCUT2D eigenvalue weighted by molar-refractivity contribution is 7.89. The van der Waals surface area contributed by atoms with Crippen molar-refractivity contribution in [3.05, 3.63) is 24.0 Å². The summed E-state index contributed by atoms with van der Waals surface area (Å²) in [6, 6.07) is 1.02. The molecule has 128 valence electrons. The Morgan fingerprint density at radius 1 is 1.22 bits per heavy atom. The lowest BCUT2D eigenvalue weighted by Gasteiger charge is -2.26. The van der Waals surface area contributed by atoms with E-state index < -0.39 is 39.8 Å². The van der Waals surface area contributed by atoms with E-state index in [1.807, 2.05) is 0 Å². The maximum absolute atomic E-state index is 12.4. The van der Waals surface area contributed by atoms with E-state index in [9.17, 15) is 26.4 Å². The van der Waals surface area contributed by atoms with Gasteiger partial charge >= 0.3 is 12.1 Å². The third-order valence-electron chi connectivity index (χ3n) is 3.74. The summed E-state index contributed by atoms with van der Waals surface area (Å²) in [6.07, 6.45) is -2.53. The van der Waals surface area contributed by atoms with E-state index in [4.69, 9.17) is 5.11 Å². The third-order valence-corrected chi connectivity index (χ3v) is 5.24. The molecule has 0 saturated heterocycles. The molecule has 10 heteroatoms. The van der Waals surface area contributed by atoms with Gasteiger partial charge in [0.15, 0.2) is 0 Å². The molecular weight excluding hydrogens is 337 g/mol. The number of pyridine rings is 1. The molecule has 0 aromatic carbocycles. The highest BCUT2D eigenvalue weighted by Crippen LogP contribution is 2.28. The van der Waals surface area contributed by atoms with Crippen molar-refractivity contribution in [2.45, 2.75) is 42.8 Å². The Balaban J connectivity index is 2.04. The molecule has 1 aromatic heterocycles. The Morgan fingerprint density at radius 2 is 1.83 bits per heavy atom. The summed E-state index contributed by atoms with van der Waals surface area (Å²) in [4.78, 5) is 13.6. The Hall–Kier alpha value is -1.68. The molecule has 2 rings (SSSR count). The highest BCUT2D eigenvalue weighted by Gasteiger charge is 2.33. The second-order valence-electron chi connectivity index (χ2n) is 5.38. The molecule has 0 amide bonds. The smallest absolute Gasteiger partial charge is 0.433 e. The average Bonchev–Trinajstić information content (AvgIpc) is 2.46. The number of carboxylic acid groups (broad SMARTS) is 1. The number of aliphatic carboxylic acids is 1. The molecule has 1 fully saturated rings. The van der Waals surface area contributed by atoms with E-state index in [2.05, 4.69) is 9.71 Å². The van der Waals surface area contributed by atoms with Gasteiger partial charge in [0.25, 0.3) is 0 Å². The van der Waals surface area contributed by atoms with Crippen LogP contribution in [0.2, 0.25) is 0 Å². The minimum Gasteiger partial charge on any atom is -0.481 e. The number of rotatable bonds is 4. The number of hydrogen-bond donors (Lipinski definition) is 2. The Morgan fingerprint density at radius 3 is 2.26 bits per heavy atom. The predicted molar refractivity (Wildman–Crippen MR) is 72.9 cm³/mol. The number of nitrogens with zero attached hydrogens (tertiary/aromatic N) is 1. The van der Waals surface area contributed by atoms with Gasteiger partial charge in [-0.2, -0.15) is 13.2 Å². The molecular formula is C13H15F3N2O4S. The first-order valence-electron chi connectivity index (χ1n) is 6.88. The van der Waals surface area contributed by atoms with Gasteiger partial charge in [-0.3, -0.25) is 9.78 Å². The van der Waals surface area contributed by atoms with Gasteiger partial charge in [0.05, 0.1) is 5.92 Å². The zero-order valence-corrected chi connectivity index (χ0v) is 12.7. The molecule has 23 heavy (non-hydrogen) atoms. The number of carbonyl (C=O) groups is 1. The van der Waals surface area contributed by atoms with Crippen LogP contribution in [0.1, 0.15) is 31.4 Å². The van der Waals surface area contributed by atoms with Gasteiger partial charge in [0, 0.05) is 12.2 Å². The second kappa shape index (κ2) is 6.44. The number of alkyl halides is 3. The van der Waals surface area contributed by atoms with Gasteiger partial charge in [0.1, 0.15) is 10.6 Å². The SMILES string of the molecule is O=C(O)C1CCC(NS(=O)(=O)c2ccc(C(F)(F)F)nc2)CC1. The van der Waals surface area contributed by atoms with Gasteiger partial charge in [0.2, 0.25) is 10.0 Å². The molecule has 0 unspecified atom stereocenters. The molecule has 1 heterocycles. The number of halogens is 3. The lowest BCUT2D eigenvalue weighted by molar-refractivity contribution is -0.143. The minimum absolute atomic E-state index is 0.355. The Kier molecular flexibility index (Phi) is 4.95. The summed E-state index contributed by atoms with van der Waals surface area (Å²) in [5.74, 6) is -1.39. The maximum Gasteiger partial charge on any atom is 0.433 e. The summed E-state index contributed by atoms with van der Waals surface area (Å²) >= 11 is 0. The van der Waals surface area contributed by atoms with Crippen molar-refractivity contribution in [3.8, 4) is 0 Å². The van der Waals surface area contributed by atoms with Gasteiger partial charge in [-0.25, -0.2) is 13.1 Å². The van der Waals surface area contributed by atoms with Gasteiger partial charge < -0.3 is 5.11 Å². The first-order chi connectivity index (χ1) is 10.6. The van der Waals surface area contributed by atoms with E-state index in [-0.39, 0.29) is 4.90 Å². The zero-order chi connectivity index (χ0) is 17.3. The van der Waals surface area contributed by atoms with Crippen molar-refractivity contribution in [2.24, 2.45) is 5.92 Å². The highest BCUT2D eigenvalue weighted by atomic mass is 32.2. The molecule has 1 aliphatic rings. The molecule has 1 aromatic rings. The Bertz CT molecular complexity index is 665. The van der Waals surface area contributed by atoms with Crippen LogP contribution >= 0.6 is 0 Å². The van der Waals surface area contributed by atoms with E-state index in [0.29, 0.717) is 37.9 Å². The molecule has 0 aliphatic heterocycles. The summed E-state index contributed by atoms with van der Waals surface area (Å²) in [7, 11) is -3.99. The summed E-state index contributed by atoms with van der Waals surface area (Å²) in [5.41, 5.74) is -1.17. The molecule has 0 atom stereocenters. The van der Waals surface area contributed by atoms with Crippen LogP contribution in [0.25, 0.3) is 0 Å². The first kappa shape index (κ1) is 17.7. The molecule has 0 spiro atoms. The van der Waals surface area contributed by atoms with Crippen LogP contribution in [-0.4, -0.2) is 30.5 Å². The second-order valence-corrected chi connectivity index (χ2v) is 7.10. The molecule has 1 saturated carbocycles. The lowest BCUT2D eigenvalue weighted by Crippen LogP contribution is -2.38. The van der Waals surface area contributed by atoms with Crippen LogP contribution in [0, 0.1) is 5.92 Å². The quantitative estimate of drug-likeness (QED) is 0.864. The number of nitrogens with one attached hydrogen (secondary N) is 1.